The molecule has 0 saturated heterocycles. The van der Waals surface area contributed by atoms with Crippen LogP contribution in [0, 0.1) is 6.92 Å². The minimum Gasteiger partial charge on any atom is -0.426 e. The van der Waals surface area contributed by atoms with E-state index in [1.807, 2.05) is 31.1 Å². The molecule has 0 aromatic heterocycles. The summed E-state index contributed by atoms with van der Waals surface area (Å²) in [4.78, 5) is 26.2. The lowest BCUT2D eigenvalue weighted by Gasteiger charge is -2.20. The largest absolute Gasteiger partial charge is 0.426 e. The molecule has 1 amide bonds. The van der Waals surface area contributed by atoms with Gasteiger partial charge in [0.2, 0.25) is 15.9 Å². The zero-order valence-electron chi connectivity index (χ0n) is 20.0. The molecule has 0 radical (unpaired) electrons. The summed E-state index contributed by atoms with van der Waals surface area (Å²) < 4.78 is 34.3. The molecule has 35 heavy (non-hydrogen) atoms. The van der Waals surface area contributed by atoms with Gasteiger partial charge in [-0.3, -0.25) is 9.59 Å². The van der Waals surface area contributed by atoms with Gasteiger partial charge in [-0.1, -0.05) is 30.3 Å². The van der Waals surface area contributed by atoms with Crippen molar-refractivity contribution in [3.8, 4) is 5.75 Å². The number of aliphatic hydroxyl groups is 1. The molecule has 0 saturated carbocycles. The SMILES string of the molecule is CC(=O)Oc1cc(NC(=O)[C@H](CCO)NS(=O)(=O)c2cccc3c(N(C)C)cccc23)ccc1C. The van der Waals surface area contributed by atoms with Crippen molar-refractivity contribution < 1.29 is 27.9 Å². The fourth-order valence-corrected chi connectivity index (χ4v) is 5.14. The zero-order chi connectivity index (χ0) is 25.8. The van der Waals surface area contributed by atoms with Crippen LogP contribution >= 0.6 is 0 Å². The third kappa shape index (κ3) is 6.16. The van der Waals surface area contributed by atoms with Crippen LogP contribution in [0.25, 0.3) is 10.8 Å². The number of fused-ring (bicyclic) bond motifs is 1. The van der Waals surface area contributed by atoms with Crippen LogP contribution in [0.1, 0.15) is 18.9 Å². The summed E-state index contributed by atoms with van der Waals surface area (Å²) in [6.45, 7) is 2.61. The summed E-state index contributed by atoms with van der Waals surface area (Å²) in [5, 5.41) is 13.4. The third-order valence-corrected chi connectivity index (χ3v) is 6.90. The van der Waals surface area contributed by atoms with Crippen molar-refractivity contribution in [2.24, 2.45) is 0 Å². The Morgan fingerprint density at radius 2 is 1.74 bits per heavy atom. The highest BCUT2D eigenvalue weighted by atomic mass is 32.2. The molecule has 3 N–H and O–H groups in total. The first kappa shape index (κ1) is 26.1. The number of anilines is 2. The predicted molar refractivity (Wildman–Crippen MR) is 135 cm³/mol. The maximum absolute atomic E-state index is 13.3. The van der Waals surface area contributed by atoms with Gasteiger partial charge in [0.05, 0.1) is 4.90 Å². The number of esters is 1. The third-order valence-electron chi connectivity index (χ3n) is 5.37. The standard InChI is InChI=1S/C25H29N3O6S/c1-16-11-12-18(15-23(16)34-17(2)30)26-25(31)21(13-14-29)27-35(32,33)24-10-6-7-19-20(24)8-5-9-22(19)28(3)4/h5-12,15,21,27,29H,13-14H2,1-4H3,(H,26,31)/t21-/m0/s1. The van der Waals surface area contributed by atoms with Gasteiger partial charge in [-0.05, 0) is 37.1 Å². The Labute approximate surface area is 204 Å². The Bertz CT molecular complexity index is 1350. The first-order valence-corrected chi connectivity index (χ1v) is 12.4. The van der Waals surface area contributed by atoms with E-state index in [-0.39, 0.29) is 17.1 Å². The first-order chi connectivity index (χ1) is 16.5. The molecule has 0 fully saturated rings. The van der Waals surface area contributed by atoms with Gasteiger partial charge < -0.3 is 20.1 Å². The Morgan fingerprint density at radius 3 is 2.40 bits per heavy atom. The van der Waals surface area contributed by atoms with Crippen molar-refractivity contribution in [3.05, 3.63) is 60.2 Å². The Balaban J connectivity index is 1.90. The van der Waals surface area contributed by atoms with Crippen molar-refractivity contribution in [1.82, 2.24) is 4.72 Å². The molecule has 10 heteroatoms. The molecule has 0 aliphatic carbocycles. The van der Waals surface area contributed by atoms with E-state index in [1.165, 1.54) is 19.1 Å². The Hall–Kier alpha value is -3.47. The highest BCUT2D eigenvalue weighted by Gasteiger charge is 2.27. The van der Waals surface area contributed by atoms with Crippen LogP contribution in [-0.2, 0) is 19.6 Å². The van der Waals surface area contributed by atoms with E-state index < -0.39 is 34.5 Å². The summed E-state index contributed by atoms with van der Waals surface area (Å²) in [5.74, 6) is -0.883. The average Bonchev–Trinajstić information content (AvgIpc) is 2.79. The molecule has 0 spiro atoms. The van der Waals surface area contributed by atoms with E-state index >= 15 is 0 Å². The lowest BCUT2D eigenvalue weighted by molar-refractivity contribution is -0.131. The van der Waals surface area contributed by atoms with Gasteiger partial charge in [0.1, 0.15) is 11.8 Å². The van der Waals surface area contributed by atoms with Crippen LogP contribution < -0.4 is 19.7 Å². The van der Waals surface area contributed by atoms with Crippen LogP contribution in [0.15, 0.2) is 59.5 Å². The second kappa shape index (κ2) is 10.9. The van der Waals surface area contributed by atoms with E-state index in [1.54, 1.807) is 37.3 Å². The lowest BCUT2D eigenvalue weighted by Crippen LogP contribution is -2.44. The molecule has 3 rings (SSSR count). The summed E-state index contributed by atoms with van der Waals surface area (Å²) in [6, 6.07) is 13.8. The smallest absolute Gasteiger partial charge is 0.308 e. The number of benzene rings is 3. The summed E-state index contributed by atoms with van der Waals surface area (Å²) in [6.07, 6.45) is -0.137. The number of aliphatic hydroxyl groups excluding tert-OH is 1. The summed E-state index contributed by atoms with van der Waals surface area (Å²) in [7, 11) is -0.391. The molecule has 3 aromatic carbocycles. The summed E-state index contributed by atoms with van der Waals surface area (Å²) >= 11 is 0. The van der Waals surface area contributed by atoms with Crippen molar-refractivity contribution in [2.75, 3.05) is 30.9 Å². The highest BCUT2D eigenvalue weighted by Crippen LogP contribution is 2.30. The van der Waals surface area contributed by atoms with E-state index in [4.69, 9.17) is 4.74 Å². The van der Waals surface area contributed by atoms with Crippen LogP contribution in [0.2, 0.25) is 0 Å². The molecule has 1 atom stereocenters. The van der Waals surface area contributed by atoms with Crippen LogP contribution in [0.3, 0.4) is 0 Å². The van der Waals surface area contributed by atoms with E-state index in [9.17, 15) is 23.1 Å². The number of rotatable bonds is 9. The van der Waals surface area contributed by atoms with Gasteiger partial charge in [-0.2, -0.15) is 4.72 Å². The molecule has 186 valence electrons. The lowest BCUT2D eigenvalue weighted by atomic mass is 10.1. The quantitative estimate of drug-likeness (QED) is 0.305. The molecular weight excluding hydrogens is 470 g/mol. The molecule has 0 unspecified atom stereocenters. The van der Waals surface area contributed by atoms with Crippen LogP contribution in [-0.4, -0.2) is 52.1 Å². The van der Waals surface area contributed by atoms with Gasteiger partial charge in [0.25, 0.3) is 0 Å². The van der Waals surface area contributed by atoms with Crippen molar-refractivity contribution in [3.63, 3.8) is 0 Å². The van der Waals surface area contributed by atoms with Crippen molar-refractivity contribution in [1.29, 1.82) is 0 Å². The number of carbonyl (C=O) groups excluding carboxylic acids is 2. The molecule has 0 heterocycles. The molecule has 3 aromatic rings. The predicted octanol–water partition coefficient (Wildman–Crippen LogP) is 2.81. The number of sulfonamides is 1. The van der Waals surface area contributed by atoms with Crippen LogP contribution in [0.5, 0.6) is 5.75 Å². The number of amides is 1. The van der Waals surface area contributed by atoms with E-state index in [0.717, 1.165) is 11.1 Å². The molecule has 9 nitrogen and oxygen atoms in total. The number of hydrogen-bond acceptors (Lipinski definition) is 7. The van der Waals surface area contributed by atoms with Gasteiger partial charge in [0.15, 0.2) is 0 Å². The number of hydrogen-bond donors (Lipinski definition) is 3. The normalized spacial score (nSPS) is 12.3. The topological polar surface area (TPSA) is 125 Å². The van der Waals surface area contributed by atoms with Gasteiger partial charge in [-0.25, -0.2) is 8.42 Å². The molecule has 0 bridgehead atoms. The maximum atomic E-state index is 13.3. The minimum absolute atomic E-state index is 0.0296. The number of nitrogens with one attached hydrogen (secondary N) is 2. The number of aryl methyl sites for hydroxylation is 1. The fourth-order valence-electron chi connectivity index (χ4n) is 3.68. The van der Waals surface area contributed by atoms with Crippen molar-refractivity contribution in [2.45, 2.75) is 31.2 Å². The number of ether oxygens (including phenoxy) is 1. The van der Waals surface area contributed by atoms with Crippen molar-refractivity contribution >= 4 is 44.0 Å². The maximum Gasteiger partial charge on any atom is 0.308 e. The molecular formula is C25H29N3O6S. The van der Waals surface area contributed by atoms with Crippen LogP contribution in [0.4, 0.5) is 11.4 Å². The second-order valence-corrected chi connectivity index (χ2v) is 9.95. The van der Waals surface area contributed by atoms with E-state index in [2.05, 4.69) is 10.0 Å². The fraction of sp³-hybridized carbons (Fsp3) is 0.280. The zero-order valence-corrected chi connectivity index (χ0v) is 20.8. The van der Waals surface area contributed by atoms with Gasteiger partial charge in [0, 0.05) is 55.8 Å². The minimum atomic E-state index is -4.13. The second-order valence-electron chi connectivity index (χ2n) is 8.27. The molecule has 0 aliphatic rings. The highest BCUT2D eigenvalue weighted by molar-refractivity contribution is 7.89. The summed E-state index contributed by atoms with van der Waals surface area (Å²) in [5.41, 5.74) is 1.87. The number of nitrogens with zero attached hydrogens (tertiary/aromatic N) is 1. The molecule has 0 aliphatic heterocycles. The van der Waals surface area contributed by atoms with E-state index in [0.29, 0.717) is 16.6 Å². The Morgan fingerprint density at radius 1 is 1.06 bits per heavy atom. The van der Waals surface area contributed by atoms with Gasteiger partial charge in [-0.15, -0.1) is 0 Å². The first-order valence-electron chi connectivity index (χ1n) is 11.0. The average molecular weight is 500 g/mol. The van der Waals surface area contributed by atoms with Gasteiger partial charge >= 0.3 is 5.97 Å². The number of carbonyl (C=O) groups is 2. The monoisotopic (exact) mass is 499 g/mol. The Kier molecular flexibility index (Phi) is 8.11.